The Labute approximate surface area is 148 Å². The van der Waals surface area contributed by atoms with Gasteiger partial charge in [-0.3, -0.25) is 9.78 Å². The highest BCUT2D eigenvalue weighted by atomic mass is 32.2. The first-order valence-electron chi connectivity index (χ1n) is 7.43. The fourth-order valence-corrected chi connectivity index (χ4v) is 3.07. The van der Waals surface area contributed by atoms with Gasteiger partial charge >= 0.3 is 0 Å². The number of hydrogen-bond acceptors (Lipinski definition) is 6. The number of rotatable bonds is 5. The lowest BCUT2D eigenvalue weighted by atomic mass is 10.2. The van der Waals surface area contributed by atoms with Crippen LogP contribution in [-0.4, -0.2) is 33.1 Å². The monoisotopic (exact) mass is 353 g/mol. The van der Waals surface area contributed by atoms with Gasteiger partial charge in [-0.25, -0.2) is 5.43 Å². The van der Waals surface area contributed by atoms with Crippen LogP contribution in [0.4, 0.5) is 0 Å². The molecule has 7 heteroatoms. The van der Waals surface area contributed by atoms with E-state index in [1.165, 1.54) is 36.2 Å². The van der Waals surface area contributed by atoms with E-state index in [0.29, 0.717) is 5.56 Å². The number of hydrogen-bond donors (Lipinski definition) is 3. The predicted molar refractivity (Wildman–Crippen MR) is 98.0 cm³/mol. The van der Waals surface area contributed by atoms with Crippen molar-refractivity contribution in [3.8, 4) is 11.5 Å². The third-order valence-corrected chi connectivity index (χ3v) is 4.33. The third kappa shape index (κ3) is 4.48. The molecule has 1 heterocycles. The highest BCUT2D eigenvalue weighted by Crippen LogP contribution is 2.25. The fourth-order valence-electron chi connectivity index (χ4n) is 2.24. The van der Waals surface area contributed by atoms with E-state index in [2.05, 4.69) is 15.5 Å². The first-order valence-corrected chi connectivity index (χ1v) is 8.42. The molecule has 6 nitrogen and oxygen atoms in total. The molecule has 0 spiro atoms. The largest absolute Gasteiger partial charge is 0.508 e. The standard InChI is InChI=1S/C18H15N3O3S/c22-14-7-12(8-15(23)9-14)10-20-21-17(24)11-25-16-5-1-3-13-4-2-6-19-18(13)16/h1-10,22-23H,11H2,(H,21,24). The van der Waals surface area contributed by atoms with Gasteiger partial charge in [0.1, 0.15) is 11.5 Å². The zero-order chi connectivity index (χ0) is 17.6. The summed E-state index contributed by atoms with van der Waals surface area (Å²) in [6, 6.07) is 13.7. The number of thioether (sulfide) groups is 1. The Balaban J connectivity index is 1.58. The first kappa shape index (κ1) is 16.8. The molecule has 3 N–H and O–H groups in total. The molecule has 0 atom stereocenters. The summed E-state index contributed by atoms with van der Waals surface area (Å²) in [5.41, 5.74) is 3.75. The number of para-hydroxylation sites is 1. The lowest BCUT2D eigenvalue weighted by Gasteiger charge is -2.04. The minimum Gasteiger partial charge on any atom is -0.508 e. The topological polar surface area (TPSA) is 94.8 Å². The van der Waals surface area contributed by atoms with Gasteiger partial charge in [0.25, 0.3) is 0 Å². The number of benzene rings is 2. The van der Waals surface area contributed by atoms with E-state index in [9.17, 15) is 15.0 Å². The Morgan fingerprint density at radius 2 is 1.92 bits per heavy atom. The number of carbonyl (C=O) groups is 1. The number of fused-ring (bicyclic) bond motifs is 1. The Morgan fingerprint density at radius 1 is 1.16 bits per heavy atom. The molecule has 2 aromatic carbocycles. The van der Waals surface area contributed by atoms with Crippen LogP contribution in [0.5, 0.6) is 11.5 Å². The predicted octanol–water partition coefficient (Wildman–Crippen LogP) is 2.89. The molecule has 0 aliphatic carbocycles. The number of hydrazone groups is 1. The molecule has 0 saturated heterocycles. The Morgan fingerprint density at radius 3 is 2.72 bits per heavy atom. The fraction of sp³-hybridized carbons (Fsp3) is 0.0556. The average Bonchev–Trinajstić information content (AvgIpc) is 2.59. The zero-order valence-electron chi connectivity index (χ0n) is 13.1. The first-order chi connectivity index (χ1) is 12.1. The molecule has 0 radical (unpaired) electrons. The SMILES string of the molecule is O=C(CSc1cccc2cccnc12)NN=Cc1cc(O)cc(O)c1. The van der Waals surface area contributed by atoms with Gasteiger partial charge in [0.15, 0.2) is 0 Å². The van der Waals surface area contributed by atoms with Gasteiger partial charge in [-0.1, -0.05) is 18.2 Å². The number of nitrogens with one attached hydrogen (secondary N) is 1. The summed E-state index contributed by atoms with van der Waals surface area (Å²) in [6.45, 7) is 0. The number of aromatic hydroxyl groups is 2. The number of aromatic nitrogens is 1. The molecule has 0 fully saturated rings. The summed E-state index contributed by atoms with van der Waals surface area (Å²) in [6.07, 6.45) is 3.07. The summed E-state index contributed by atoms with van der Waals surface area (Å²) >= 11 is 1.38. The maximum atomic E-state index is 11.9. The van der Waals surface area contributed by atoms with Gasteiger partial charge in [0, 0.05) is 28.1 Å². The van der Waals surface area contributed by atoms with E-state index in [-0.39, 0.29) is 23.2 Å². The van der Waals surface area contributed by atoms with E-state index in [1.807, 2.05) is 30.3 Å². The van der Waals surface area contributed by atoms with Crippen molar-refractivity contribution >= 4 is 34.8 Å². The number of phenolic OH excluding ortho intramolecular Hbond substituents is 2. The summed E-state index contributed by atoms with van der Waals surface area (Å²) in [5, 5.41) is 23.6. The van der Waals surface area contributed by atoms with Crippen molar-refractivity contribution in [3.05, 3.63) is 60.3 Å². The molecule has 126 valence electrons. The number of phenols is 2. The zero-order valence-corrected chi connectivity index (χ0v) is 13.9. The maximum Gasteiger partial charge on any atom is 0.250 e. The lowest BCUT2D eigenvalue weighted by molar-refractivity contribution is -0.118. The molecule has 0 unspecified atom stereocenters. The second-order valence-corrected chi connectivity index (χ2v) is 6.21. The normalized spacial score (nSPS) is 11.0. The summed E-state index contributed by atoms with van der Waals surface area (Å²) < 4.78 is 0. The van der Waals surface area contributed by atoms with Gasteiger partial charge in [-0.2, -0.15) is 5.10 Å². The highest BCUT2D eigenvalue weighted by molar-refractivity contribution is 8.00. The molecule has 0 saturated carbocycles. The van der Waals surface area contributed by atoms with Crippen molar-refractivity contribution in [1.82, 2.24) is 10.4 Å². The van der Waals surface area contributed by atoms with Gasteiger partial charge < -0.3 is 10.2 Å². The summed E-state index contributed by atoms with van der Waals surface area (Å²) in [4.78, 5) is 17.2. The van der Waals surface area contributed by atoms with Crippen molar-refractivity contribution < 1.29 is 15.0 Å². The van der Waals surface area contributed by atoms with Crippen molar-refractivity contribution in [2.45, 2.75) is 4.90 Å². The minimum atomic E-state index is -0.265. The van der Waals surface area contributed by atoms with Crippen LogP contribution in [-0.2, 0) is 4.79 Å². The smallest absolute Gasteiger partial charge is 0.250 e. The van der Waals surface area contributed by atoms with E-state index >= 15 is 0 Å². The van der Waals surface area contributed by atoms with Crippen LogP contribution in [0.15, 0.2) is 64.7 Å². The molecule has 25 heavy (non-hydrogen) atoms. The Bertz CT molecular complexity index is 918. The van der Waals surface area contributed by atoms with Crippen LogP contribution in [0, 0.1) is 0 Å². The van der Waals surface area contributed by atoms with E-state index in [4.69, 9.17) is 0 Å². The number of pyridine rings is 1. The molecule has 0 bridgehead atoms. The van der Waals surface area contributed by atoms with Crippen LogP contribution in [0.2, 0.25) is 0 Å². The van der Waals surface area contributed by atoms with Gasteiger partial charge in [0.2, 0.25) is 5.91 Å². The molecular weight excluding hydrogens is 338 g/mol. The summed E-state index contributed by atoms with van der Waals surface area (Å²) in [7, 11) is 0. The molecule has 1 aromatic heterocycles. The van der Waals surface area contributed by atoms with E-state index < -0.39 is 0 Å². The molecule has 3 rings (SSSR count). The van der Waals surface area contributed by atoms with Crippen LogP contribution in [0.25, 0.3) is 10.9 Å². The van der Waals surface area contributed by atoms with Crippen LogP contribution < -0.4 is 5.43 Å². The Hall–Kier alpha value is -3.06. The molecule has 0 aliphatic rings. The van der Waals surface area contributed by atoms with E-state index in [1.54, 1.807) is 6.20 Å². The average molecular weight is 353 g/mol. The van der Waals surface area contributed by atoms with Crippen molar-refractivity contribution in [2.75, 3.05) is 5.75 Å². The molecule has 1 amide bonds. The summed E-state index contributed by atoms with van der Waals surface area (Å²) in [5.74, 6) is -0.227. The van der Waals surface area contributed by atoms with Crippen molar-refractivity contribution in [1.29, 1.82) is 0 Å². The molecule has 3 aromatic rings. The van der Waals surface area contributed by atoms with E-state index in [0.717, 1.165) is 15.8 Å². The lowest BCUT2D eigenvalue weighted by Crippen LogP contribution is -2.19. The second kappa shape index (κ2) is 7.67. The third-order valence-electron chi connectivity index (χ3n) is 3.28. The van der Waals surface area contributed by atoms with Crippen LogP contribution >= 0.6 is 11.8 Å². The second-order valence-electron chi connectivity index (χ2n) is 5.20. The molecule has 0 aliphatic heterocycles. The van der Waals surface area contributed by atoms with Gasteiger partial charge in [-0.15, -0.1) is 11.8 Å². The Kier molecular flexibility index (Phi) is 5.15. The van der Waals surface area contributed by atoms with Crippen LogP contribution in [0.1, 0.15) is 5.56 Å². The highest BCUT2D eigenvalue weighted by Gasteiger charge is 2.06. The molecular formula is C18H15N3O3S. The van der Waals surface area contributed by atoms with Gasteiger partial charge in [0.05, 0.1) is 17.5 Å². The minimum absolute atomic E-state index is 0.0770. The van der Waals surface area contributed by atoms with Crippen molar-refractivity contribution in [3.63, 3.8) is 0 Å². The maximum absolute atomic E-state index is 11.9. The number of amides is 1. The quantitative estimate of drug-likeness (QED) is 0.372. The van der Waals surface area contributed by atoms with Crippen molar-refractivity contribution in [2.24, 2.45) is 5.10 Å². The number of nitrogens with zero attached hydrogens (tertiary/aromatic N) is 2. The number of carbonyl (C=O) groups excluding carboxylic acids is 1. The van der Waals surface area contributed by atoms with Crippen LogP contribution in [0.3, 0.4) is 0 Å². The van der Waals surface area contributed by atoms with Gasteiger partial charge in [-0.05, 0) is 24.3 Å².